The molecule has 1 saturated carbocycles. The number of likely N-dealkylation sites (N-methyl/N-ethyl adjacent to an activating group) is 1. The number of rotatable bonds is 7. The first-order valence-electron chi connectivity index (χ1n) is 7.52. The molecule has 0 aliphatic heterocycles. The molecule has 1 rings (SSSR count). The van der Waals surface area contributed by atoms with Gasteiger partial charge in [0.15, 0.2) is 0 Å². The van der Waals surface area contributed by atoms with Crippen LogP contribution in [0.15, 0.2) is 0 Å². The minimum Gasteiger partial charge on any atom is -0.481 e. The standard InChI is InChI=1S/C15H28N2O3/c1-12-6-5-9-15(10-12,17(2)3)11-16-13(18)7-4-8-14(19)20/h12H,4-11H2,1-3H3,(H,16,18)(H,19,20). The maximum absolute atomic E-state index is 11.8. The third-order valence-corrected chi connectivity index (χ3v) is 4.43. The van der Waals surface area contributed by atoms with Crippen molar-refractivity contribution in [3.63, 3.8) is 0 Å². The molecule has 0 aromatic carbocycles. The highest BCUT2D eigenvalue weighted by Gasteiger charge is 2.36. The summed E-state index contributed by atoms with van der Waals surface area (Å²) < 4.78 is 0. The lowest BCUT2D eigenvalue weighted by atomic mass is 9.75. The van der Waals surface area contributed by atoms with Crippen molar-refractivity contribution in [1.29, 1.82) is 0 Å². The fraction of sp³-hybridized carbons (Fsp3) is 0.867. The summed E-state index contributed by atoms with van der Waals surface area (Å²) in [6.45, 7) is 2.93. The summed E-state index contributed by atoms with van der Waals surface area (Å²) in [5.41, 5.74) is 0.0557. The molecule has 0 bridgehead atoms. The van der Waals surface area contributed by atoms with E-state index in [0.29, 0.717) is 25.3 Å². The molecule has 1 aliphatic carbocycles. The largest absolute Gasteiger partial charge is 0.481 e. The lowest BCUT2D eigenvalue weighted by Gasteiger charge is -2.45. The molecule has 5 nitrogen and oxygen atoms in total. The van der Waals surface area contributed by atoms with Gasteiger partial charge in [0.05, 0.1) is 0 Å². The Hall–Kier alpha value is -1.10. The van der Waals surface area contributed by atoms with Gasteiger partial charge < -0.3 is 15.3 Å². The van der Waals surface area contributed by atoms with E-state index in [-0.39, 0.29) is 17.9 Å². The van der Waals surface area contributed by atoms with Crippen LogP contribution in [0.2, 0.25) is 0 Å². The van der Waals surface area contributed by atoms with E-state index in [1.807, 2.05) is 0 Å². The SMILES string of the molecule is CC1CCCC(CNC(=O)CCCC(=O)O)(N(C)C)C1. The van der Waals surface area contributed by atoms with Crippen LogP contribution in [-0.2, 0) is 9.59 Å². The van der Waals surface area contributed by atoms with Crippen LogP contribution in [0.4, 0.5) is 0 Å². The first-order chi connectivity index (χ1) is 9.35. The van der Waals surface area contributed by atoms with E-state index in [9.17, 15) is 9.59 Å². The zero-order chi connectivity index (χ0) is 15.2. The van der Waals surface area contributed by atoms with E-state index in [2.05, 4.69) is 31.2 Å². The zero-order valence-electron chi connectivity index (χ0n) is 12.9. The second-order valence-corrected chi connectivity index (χ2v) is 6.34. The molecule has 0 aromatic heterocycles. The maximum atomic E-state index is 11.8. The lowest BCUT2D eigenvalue weighted by molar-refractivity contribution is -0.137. The predicted octanol–water partition coefficient (Wildman–Crippen LogP) is 1.87. The van der Waals surface area contributed by atoms with Gasteiger partial charge in [-0.25, -0.2) is 0 Å². The Balaban J connectivity index is 2.43. The molecule has 1 fully saturated rings. The highest BCUT2D eigenvalue weighted by Crippen LogP contribution is 2.35. The Kier molecular flexibility index (Phi) is 6.46. The van der Waals surface area contributed by atoms with E-state index in [4.69, 9.17) is 5.11 Å². The number of carbonyl (C=O) groups excluding carboxylic acids is 1. The first-order valence-corrected chi connectivity index (χ1v) is 7.52. The molecule has 0 spiro atoms. The quantitative estimate of drug-likeness (QED) is 0.749. The van der Waals surface area contributed by atoms with E-state index in [0.717, 1.165) is 12.8 Å². The Labute approximate surface area is 121 Å². The third kappa shape index (κ3) is 5.12. The maximum Gasteiger partial charge on any atom is 0.303 e. The average molecular weight is 284 g/mol. The number of carboxylic acid groups (broad SMARTS) is 1. The minimum absolute atomic E-state index is 0.0364. The summed E-state index contributed by atoms with van der Waals surface area (Å²) in [5.74, 6) is -0.190. The molecule has 1 amide bonds. The predicted molar refractivity (Wildman–Crippen MR) is 78.5 cm³/mol. The number of aliphatic carboxylic acids is 1. The van der Waals surface area contributed by atoms with Crippen LogP contribution < -0.4 is 5.32 Å². The second kappa shape index (κ2) is 7.62. The Morgan fingerprint density at radius 3 is 2.60 bits per heavy atom. The third-order valence-electron chi connectivity index (χ3n) is 4.43. The summed E-state index contributed by atoms with van der Waals surface area (Å²) in [6.07, 6.45) is 5.45. The van der Waals surface area contributed by atoms with Crippen molar-refractivity contribution in [3.05, 3.63) is 0 Å². The molecular weight excluding hydrogens is 256 g/mol. The van der Waals surface area contributed by atoms with Crippen molar-refractivity contribution in [1.82, 2.24) is 10.2 Å². The van der Waals surface area contributed by atoms with Crippen molar-refractivity contribution in [2.24, 2.45) is 5.92 Å². The van der Waals surface area contributed by atoms with Gasteiger partial charge in [0.2, 0.25) is 5.91 Å². The van der Waals surface area contributed by atoms with Crippen LogP contribution in [0.3, 0.4) is 0 Å². The fourth-order valence-corrected chi connectivity index (χ4v) is 3.11. The Morgan fingerprint density at radius 2 is 2.05 bits per heavy atom. The summed E-state index contributed by atoms with van der Waals surface area (Å²) in [7, 11) is 4.16. The van der Waals surface area contributed by atoms with E-state index < -0.39 is 5.97 Å². The van der Waals surface area contributed by atoms with Gasteiger partial charge in [-0.05, 0) is 39.3 Å². The van der Waals surface area contributed by atoms with Gasteiger partial charge in [0.1, 0.15) is 0 Å². The molecule has 116 valence electrons. The smallest absolute Gasteiger partial charge is 0.303 e. The number of hydrogen-bond donors (Lipinski definition) is 2. The van der Waals surface area contributed by atoms with Crippen LogP contribution in [0.25, 0.3) is 0 Å². The lowest BCUT2D eigenvalue weighted by Crippen LogP contribution is -2.55. The van der Waals surface area contributed by atoms with Crippen molar-refractivity contribution in [2.75, 3.05) is 20.6 Å². The highest BCUT2D eigenvalue weighted by molar-refractivity contribution is 5.76. The Bertz CT molecular complexity index is 344. The number of carboxylic acids is 1. The minimum atomic E-state index is -0.844. The van der Waals surface area contributed by atoms with Crippen molar-refractivity contribution >= 4 is 11.9 Å². The van der Waals surface area contributed by atoms with Gasteiger partial charge in [0, 0.05) is 24.9 Å². The molecule has 0 heterocycles. The first kappa shape index (κ1) is 17.0. The summed E-state index contributed by atoms with van der Waals surface area (Å²) in [6, 6.07) is 0. The normalized spacial score (nSPS) is 26.5. The number of nitrogens with one attached hydrogen (secondary N) is 1. The summed E-state index contributed by atoms with van der Waals surface area (Å²) in [4.78, 5) is 24.5. The second-order valence-electron chi connectivity index (χ2n) is 6.34. The molecular formula is C15H28N2O3. The molecule has 2 unspecified atom stereocenters. The summed E-state index contributed by atoms with van der Waals surface area (Å²) >= 11 is 0. The van der Waals surface area contributed by atoms with E-state index in [1.54, 1.807) is 0 Å². The number of hydrogen-bond acceptors (Lipinski definition) is 3. The van der Waals surface area contributed by atoms with Crippen LogP contribution in [-0.4, -0.2) is 48.1 Å². The highest BCUT2D eigenvalue weighted by atomic mass is 16.4. The van der Waals surface area contributed by atoms with Crippen LogP contribution in [0.5, 0.6) is 0 Å². The molecule has 0 aromatic rings. The van der Waals surface area contributed by atoms with Gasteiger partial charge in [-0.3, -0.25) is 9.59 Å². The van der Waals surface area contributed by atoms with Gasteiger partial charge >= 0.3 is 5.97 Å². The summed E-state index contributed by atoms with van der Waals surface area (Å²) in [5, 5.41) is 11.6. The Morgan fingerprint density at radius 1 is 1.35 bits per heavy atom. The van der Waals surface area contributed by atoms with Crippen molar-refractivity contribution in [2.45, 2.75) is 57.4 Å². The molecule has 0 saturated heterocycles. The van der Waals surface area contributed by atoms with Gasteiger partial charge in [-0.2, -0.15) is 0 Å². The van der Waals surface area contributed by atoms with Gasteiger partial charge in [0.25, 0.3) is 0 Å². The number of nitrogens with zero attached hydrogens (tertiary/aromatic N) is 1. The van der Waals surface area contributed by atoms with Crippen LogP contribution >= 0.6 is 0 Å². The molecule has 2 N–H and O–H groups in total. The molecule has 20 heavy (non-hydrogen) atoms. The van der Waals surface area contributed by atoms with Gasteiger partial charge in [-0.15, -0.1) is 0 Å². The van der Waals surface area contributed by atoms with E-state index in [1.165, 1.54) is 12.8 Å². The zero-order valence-corrected chi connectivity index (χ0v) is 12.9. The topological polar surface area (TPSA) is 69.6 Å². The monoisotopic (exact) mass is 284 g/mol. The van der Waals surface area contributed by atoms with Gasteiger partial charge in [-0.1, -0.05) is 19.8 Å². The average Bonchev–Trinajstić information content (AvgIpc) is 2.36. The van der Waals surface area contributed by atoms with Crippen LogP contribution in [0, 0.1) is 5.92 Å². The molecule has 5 heteroatoms. The van der Waals surface area contributed by atoms with Crippen LogP contribution in [0.1, 0.15) is 51.9 Å². The van der Waals surface area contributed by atoms with Crippen molar-refractivity contribution in [3.8, 4) is 0 Å². The molecule has 2 atom stereocenters. The molecule has 0 radical (unpaired) electrons. The van der Waals surface area contributed by atoms with E-state index >= 15 is 0 Å². The van der Waals surface area contributed by atoms with Crippen molar-refractivity contribution < 1.29 is 14.7 Å². The number of amides is 1. The fourth-order valence-electron chi connectivity index (χ4n) is 3.11. The number of carbonyl (C=O) groups is 2. The molecule has 1 aliphatic rings.